The molecule has 0 fully saturated rings. The lowest BCUT2D eigenvalue weighted by molar-refractivity contribution is -0.112. The first-order chi connectivity index (χ1) is 11.6. The Bertz CT molecular complexity index is 891. The number of nitrogens with one attached hydrogen (secondary N) is 2. The number of benzene rings is 1. The van der Waals surface area contributed by atoms with Gasteiger partial charge in [-0.15, -0.1) is 11.3 Å². The Hall–Kier alpha value is -2.24. The summed E-state index contributed by atoms with van der Waals surface area (Å²) in [5.41, 5.74) is 2.09. The summed E-state index contributed by atoms with van der Waals surface area (Å²) in [5.74, 6) is 0.0354. The normalized spacial score (nSPS) is 11.6. The first-order valence-electron chi connectivity index (χ1n) is 7.54. The molecule has 2 N–H and O–H groups in total. The van der Waals surface area contributed by atoms with Crippen LogP contribution >= 0.6 is 23.1 Å². The molecule has 3 rings (SSSR count). The summed E-state index contributed by atoms with van der Waals surface area (Å²) in [6.45, 7) is 6.33. The number of aromatic nitrogens is 1. The van der Waals surface area contributed by atoms with Crippen molar-refractivity contribution in [2.24, 2.45) is 0 Å². The number of carbonyl (C=O) groups excluding carboxylic acids is 1. The van der Waals surface area contributed by atoms with Gasteiger partial charge in [0.2, 0.25) is 0 Å². The van der Waals surface area contributed by atoms with E-state index in [9.17, 15) is 4.79 Å². The van der Waals surface area contributed by atoms with Crippen LogP contribution in [0.3, 0.4) is 0 Å². The van der Waals surface area contributed by atoms with Gasteiger partial charge in [-0.1, -0.05) is 30.5 Å². The highest BCUT2D eigenvalue weighted by Gasteiger charge is 2.08. The molecule has 0 saturated carbocycles. The van der Waals surface area contributed by atoms with Crippen molar-refractivity contribution in [3.63, 3.8) is 0 Å². The molecule has 0 saturated heterocycles. The van der Waals surface area contributed by atoms with Gasteiger partial charge in [0.05, 0.1) is 9.93 Å². The summed E-state index contributed by atoms with van der Waals surface area (Å²) in [7, 11) is 0. The first-order valence-corrected chi connectivity index (χ1v) is 9.24. The molecule has 2 heterocycles. The molecule has 0 radical (unpaired) electrons. The number of rotatable bonds is 7. The number of aromatic amines is 1. The van der Waals surface area contributed by atoms with E-state index in [4.69, 9.17) is 0 Å². The highest BCUT2D eigenvalue weighted by Crippen LogP contribution is 2.27. The minimum atomic E-state index is 0.0354. The fourth-order valence-electron chi connectivity index (χ4n) is 2.28. The smallest absolute Gasteiger partial charge is 0.166 e. The monoisotopic (exact) mass is 354 g/mol. The average Bonchev–Trinajstić information content (AvgIpc) is 3.23. The van der Waals surface area contributed by atoms with E-state index >= 15 is 0 Å². The number of carbonyl (C=O) groups is 1. The highest BCUT2D eigenvalue weighted by atomic mass is 32.2. The third kappa shape index (κ3) is 4.19. The van der Waals surface area contributed by atoms with E-state index in [-0.39, 0.29) is 5.78 Å². The molecule has 1 aromatic carbocycles. The molecule has 0 aliphatic heterocycles. The molecule has 2 aromatic heterocycles. The lowest BCUT2D eigenvalue weighted by Gasteiger charge is -2.09. The van der Waals surface area contributed by atoms with Crippen molar-refractivity contribution >= 4 is 45.9 Å². The van der Waals surface area contributed by atoms with E-state index in [1.807, 2.05) is 41.9 Å². The molecule has 3 nitrogen and oxygen atoms in total. The van der Waals surface area contributed by atoms with Crippen LogP contribution < -0.4 is 5.32 Å². The zero-order chi connectivity index (χ0) is 16.9. The third-order valence-corrected chi connectivity index (χ3v) is 5.39. The SMILES string of the molecule is C=C(NCc1cccs1)S/C(=C\c1ccc2[nH]ccc2c1)C(C)=O. The molecular weight excluding hydrogens is 336 g/mol. The number of hydrogen-bond acceptors (Lipinski definition) is 4. The van der Waals surface area contributed by atoms with Crippen LogP contribution in [0.2, 0.25) is 0 Å². The maximum atomic E-state index is 12.0. The van der Waals surface area contributed by atoms with Crippen LogP contribution in [0.15, 0.2) is 64.5 Å². The van der Waals surface area contributed by atoms with Crippen molar-refractivity contribution < 1.29 is 4.79 Å². The molecule has 0 amide bonds. The van der Waals surface area contributed by atoms with Gasteiger partial charge in [-0.25, -0.2) is 0 Å². The number of fused-ring (bicyclic) bond motifs is 1. The predicted molar refractivity (Wildman–Crippen MR) is 105 cm³/mol. The van der Waals surface area contributed by atoms with E-state index in [1.165, 1.54) is 16.6 Å². The van der Waals surface area contributed by atoms with Crippen molar-refractivity contribution in [2.45, 2.75) is 13.5 Å². The standard InChI is InChI=1S/C19H18N2OS2/c1-13(22)19(24-14(2)21-12-17-4-3-9-23-17)11-15-5-6-18-16(10-15)7-8-20-18/h3-11,20-21H,2,12H2,1H3/b19-11-. The predicted octanol–water partition coefficient (Wildman–Crippen LogP) is 5.15. The number of H-pyrrole nitrogens is 1. The lowest BCUT2D eigenvalue weighted by Crippen LogP contribution is -2.09. The summed E-state index contributed by atoms with van der Waals surface area (Å²) in [6, 6.07) is 12.2. The van der Waals surface area contributed by atoms with E-state index in [0.717, 1.165) is 28.0 Å². The number of thiophene rings is 1. The van der Waals surface area contributed by atoms with Crippen LogP contribution in [0, 0.1) is 0 Å². The Balaban J connectivity index is 1.71. The minimum Gasteiger partial charge on any atom is -0.375 e. The van der Waals surface area contributed by atoms with Gasteiger partial charge >= 0.3 is 0 Å². The summed E-state index contributed by atoms with van der Waals surface area (Å²) in [5, 5.41) is 7.21. The van der Waals surface area contributed by atoms with E-state index in [0.29, 0.717) is 4.91 Å². The number of thioether (sulfide) groups is 1. The summed E-state index contributed by atoms with van der Waals surface area (Å²) < 4.78 is 0. The quantitative estimate of drug-likeness (QED) is 0.577. The van der Waals surface area contributed by atoms with Crippen molar-refractivity contribution in [3.05, 3.63) is 74.9 Å². The molecule has 0 atom stereocenters. The second-order valence-corrected chi connectivity index (χ2v) is 7.52. The average molecular weight is 355 g/mol. The largest absolute Gasteiger partial charge is 0.375 e. The molecule has 0 spiro atoms. The Kier molecular flexibility index (Phi) is 5.23. The Morgan fingerprint density at radius 1 is 1.38 bits per heavy atom. The van der Waals surface area contributed by atoms with Crippen molar-refractivity contribution in [2.75, 3.05) is 0 Å². The zero-order valence-corrected chi connectivity index (χ0v) is 15.0. The Morgan fingerprint density at radius 3 is 3.00 bits per heavy atom. The minimum absolute atomic E-state index is 0.0354. The van der Waals surface area contributed by atoms with Crippen LogP contribution in [0.1, 0.15) is 17.4 Å². The Morgan fingerprint density at radius 2 is 2.25 bits per heavy atom. The van der Waals surface area contributed by atoms with Crippen molar-refractivity contribution in [1.29, 1.82) is 0 Å². The number of ketones is 1. The zero-order valence-electron chi connectivity index (χ0n) is 13.3. The van der Waals surface area contributed by atoms with Crippen LogP contribution in [0.5, 0.6) is 0 Å². The number of allylic oxidation sites excluding steroid dienone is 1. The van der Waals surface area contributed by atoms with Crippen LogP contribution in [0.25, 0.3) is 17.0 Å². The van der Waals surface area contributed by atoms with Crippen molar-refractivity contribution in [3.8, 4) is 0 Å². The summed E-state index contributed by atoms with van der Waals surface area (Å²) in [4.78, 5) is 17.1. The summed E-state index contributed by atoms with van der Waals surface area (Å²) >= 11 is 3.08. The molecule has 24 heavy (non-hydrogen) atoms. The van der Waals surface area contributed by atoms with Crippen molar-refractivity contribution in [1.82, 2.24) is 10.3 Å². The fourth-order valence-corrected chi connectivity index (χ4v) is 3.68. The molecule has 0 unspecified atom stereocenters. The fraction of sp³-hybridized carbons (Fsp3) is 0.105. The second kappa shape index (κ2) is 7.55. The number of Topliss-reactive ketones (excluding diaryl/α,β-unsaturated/α-hetero) is 1. The van der Waals surface area contributed by atoms with Gasteiger partial charge in [0.25, 0.3) is 0 Å². The topological polar surface area (TPSA) is 44.9 Å². The molecule has 0 aliphatic carbocycles. The van der Waals surface area contributed by atoms with Gasteiger partial charge in [0.1, 0.15) is 0 Å². The molecule has 3 aromatic rings. The van der Waals surface area contributed by atoms with Gasteiger partial charge < -0.3 is 10.3 Å². The lowest BCUT2D eigenvalue weighted by atomic mass is 10.1. The molecule has 0 aliphatic rings. The second-order valence-electron chi connectivity index (χ2n) is 5.35. The maximum absolute atomic E-state index is 12.0. The van der Waals surface area contributed by atoms with Crippen LogP contribution in [-0.2, 0) is 11.3 Å². The molecule has 5 heteroatoms. The van der Waals surface area contributed by atoms with E-state index < -0.39 is 0 Å². The molecule has 0 bridgehead atoms. The Labute approximate surface area is 149 Å². The van der Waals surface area contributed by atoms with E-state index in [1.54, 1.807) is 18.3 Å². The number of hydrogen-bond donors (Lipinski definition) is 2. The van der Waals surface area contributed by atoms with Crippen LogP contribution in [-0.4, -0.2) is 10.8 Å². The van der Waals surface area contributed by atoms with Gasteiger partial charge in [0.15, 0.2) is 5.78 Å². The highest BCUT2D eigenvalue weighted by molar-refractivity contribution is 8.07. The van der Waals surface area contributed by atoms with Gasteiger partial charge in [-0.3, -0.25) is 4.79 Å². The third-order valence-electron chi connectivity index (χ3n) is 3.50. The maximum Gasteiger partial charge on any atom is 0.166 e. The van der Waals surface area contributed by atoms with Crippen LogP contribution in [0.4, 0.5) is 0 Å². The van der Waals surface area contributed by atoms with E-state index in [2.05, 4.69) is 29.0 Å². The first kappa shape index (κ1) is 16.6. The molecule has 122 valence electrons. The van der Waals surface area contributed by atoms with Gasteiger partial charge in [-0.2, -0.15) is 0 Å². The van der Waals surface area contributed by atoms with Gasteiger partial charge in [0, 0.05) is 23.1 Å². The van der Waals surface area contributed by atoms with Gasteiger partial charge in [-0.05, 0) is 53.6 Å². The molecular formula is C19H18N2OS2. The summed E-state index contributed by atoms with van der Waals surface area (Å²) in [6.07, 6.45) is 3.83.